The number of pyridine rings is 1. The topological polar surface area (TPSA) is 85.1 Å². The maximum absolute atomic E-state index is 12.2. The van der Waals surface area contributed by atoms with Gasteiger partial charge in [0, 0.05) is 24.6 Å². The Labute approximate surface area is 129 Å². The van der Waals surface area contributed by atoms with Crippen molar-refractivity contribution in [1.29, 1.82) is 0 Å². The van der Waals surface area contributed by atoms with Crippen LogP contribution in [0.2, 0.25) is 5.02 Å². The number of nitrogens with zero attached hydrogens (tertiary/aromatic N) is 1. The lowest BCUT2D eigenvalue weighted by atomic mass is 10.2. The lowest BCUT2D eigenvalue weighted by Gasteiger charge is -2.10. The Morgan fingerprint density at radius 1 is 1.38 bits per heavy atom. The summed E-state index contributed by atoms with van der Waals surface area (Å²) < 4.78 is 27.0. The Morgan fingerprint density at radius 2 is 2.14 bits per heavy atom. The van der Waals surface area contributed by atoms with E-state index in [0.29, 0.717) is 12.1 Å². The maximum Gasteiger partial charge on any atom is 0.242 e. The Balaban J connectivity index is 2.10. The zero-order chi connectivity index (χ0) is 15.5. The van der Waals surface area contributed by atoms with E-state index in [4.69, 9.17) is 17.3 Å². The molecule has 0 atom stereocenters. The lowest BCUT2D eigenvalue weighted by Crippen LogP contribution is -2.26. The van der Waals surface area contributed by atoms with E-state index in [-0.39, 0.29) is 16.5 Å². The van der Waals surface area contributed by atoms with Crippen molar-refractivity contribution in [2.45, 2.75) is 18.2 Å². The average Bonchev–Trinajstić information content (AvgIpc) is 2.43. The highest BCUT2D eigenvalue weighted by Crippen LogP contribution is 2.26. The first-order valence-corrected chi connectivity index (χ1v) is 8.20. The molecule has 0 aliphatic carbocycles. The SMILES string of the molecule is Cc1cc(Cl)c(S(=O)(=O)NCCc2cccnc2)cc1N. The molecule has 7 heteroatoms. The van der Waals surface area contributed by atoms with Crippen LogP contribution in [0.3, 0.4) is 0 Å². The summed E-state index contributed by atoms with van der Waals surface area (Å²) in [4.78, 5) is 3.98. The third-order valence-corrected chi connectivity index (χ3v) is 4.96. The summed E-state index contributed by atoms with van der Waals surface area (Å²) in [5.74, 6) is 0. The first-order valence-electron chi connectivity index (χ1n) is 6.34. The van der Waals surface area contributed by atoms with Crippen LogP contribution in [0.25, 0.3) is 0 Å². The molecule has 0 unspecified atom stereocenters. The number of nitrogen functional groups attached to an aromatic ring is 1. The number of halogens is 1. The molecule has 0 bridgehead atoms. The van der Waals surface area contributed by atoms with Gasteiger partial charge in [-0.2, -0.15) is 0 Å². The molecule has 2 aromatic rings. The number of aromatic nitrogens is 1. The molecule has 1 heterocycles. The van der Waals surface area contributed by atoms with Crippen molar-refractivity contribution in [2.24, 2.45) is 0 Å². The van der Waals surface area contributed by atoms with E-state index in [9.17, 15) is 8.42 Å². The highest BCUT2D eigenvalue weighted by atomic mass is 35.5. The van der Waals surface area contributed by atoms with Gasteiger partial charge in [0.15, 0.2) is 0 Å². The van der Waals surface area contributed by atoms with E-state index in [0.717, 1.165) is 11.1 Å². The standard InChI is InChI=1S/C14H16ClN3O2S/c1-10-7-12(15)14(8-13(10)16)21(19,20)18-6-4-11-3-2-5-17-9-11/h2-3,5,7-9,18H,4,6,16H2,1H3. The minimum absolute atomic E-state index is 0.00143. The van der Waals surface area contributed by atoms with E-state index in [1.165, 1.54) is 6.07 Å². The molecule has 5 nitrogen and oxygen atoms in total. The summed E-state index contributed by atoms with van der Waals surface area (Å²) >= 11 is 6.00. The van der Waals surface area contributed by atoms with Crippen molar-refractivity contribution in [2.75, 3.05) is 12.3 Å². The number of aryl methyl sites for hydroxylation is 1. The number of nitrogens with one attached hydrogen (secondary N) is 1. The number of benzene rings is 1. The number of anilines is 1. The van der Waals surface area contributed by atoms with Crippen molar-refractivity contribution in [3.05, 3.63) is 52.8 Å². The number of hydrogen-bond acceptors (Lipinski definition) is 4. The normalized spacial score (nSPS) is 11.5. The number of sulfonamides is 1. The summed E-state index contributed by atoms with van der Waals surface area (Å²) in [5.41, 5.74) is 7.84. The van der Waals surface area contributed by atoms with Crippen LogP contribution in [0, 0.1) is 6.92 Å². The fourth-order valence-electron chi connectivity index (χ4n) is 1.83. The molecule has 21 heavy (non-hydrogen) atoms. The van der Waals surface area contributed by atoms with E-state index < -0.39 is 10.0 Å². The van der Waals surface area contributed by atoms with Gasteiger partial charge in [-0.05, 0) is 42.7 Å². The third-order valence-electron chi connectivity index (χ3n) is 3.04. The van der Waals surface area contributed by atoms with Crippen molar-refractivity contribution in [1.82, 2.24) is 9.71 Å². The van der Waals surface area contributed by atoms with Gasteiger partial charge in [-0.3, -0.25) is 4.98 Å². The van der Waals surface area contributed by atoms with Crippen molar-refractivity contribution >= 4 is 27.3 Å². The van der Waals surface area contributed by atoms with Crippen LogP contribution in [-0.4, -0.2) is 19.9 Å². The summed E-state index contributed by atoms with van der Waals surface area (Å²) in [6.45, 7) is 2.03. The van der Waals surface area contributed by atoms with Crippen molar-refractivity contribution in [3.8, 4) is 0 Å². The van der Waals surface area contributed by atoms with Crippen molar-refractivity contribution in [3.63, 3.8) is 0 Å². The maximum atomic E-state index is 12.2. The van der Waals surface area contributed by atoms with E-state index >= 15 is 0 Å². The third kappa shape index (κ3) is 3.93. The molecule has 2 rings (SSSR count). The lowest BCUT2D eigenvalue weighted by molar-refractivity contribution is 0.581. The van der Waals surface area contributed by atoms with Gasteiger partial charge in [0.1, 0.15) is 4.90 Å². The molecular weight excluding hydrogens is 310 g/mol. The molecular formula is C14H16ClN3O2S. The Kier molecular flexibility index (Phi) is 4.82. The van der Waals surface area contributed by atoms with Gasteiger partial charge < -0.3 is 5.73 Å². The van der Waals surface area contributed by atoms with E-state index in [1.54, 1.807) is 31.5 Å². The van der Waals surface area contributed by atoms with Crippen LogP contribution in [0.1, 0.15) is 11.1 Å². The van der Waals surface area contributed by atoms with E-state index in [2.05, 4.69) is 9.71 Å². The highest BCUT2D eigenvalue weighted by Gasteiger charge is 2.18. The number of hydrogen-bond donors (Lipinski definition) is 2. The minimum Gasteiger partial charge on any atom is -0.398 e. The minimum atomic E-state index is -3.68. The van der Waals surface area contributed by atoms with Gasteiger partial charge >= 0.3 is 0 Å². The molecule has 112 valence electrons. The second-order valence-electron chi connectivity index (χ2n) is 4.65. The summed E-state index contributed by atoms with van der Waals surface area (Å²) in [6.07, 6.45) is 3.92. The van der Waals surface area contributed by atoms with Crippen LogP contribution in [0.5, 0.6) is 0 Å². The predicted octanol–water partition coefficient (Wildman–Crippen LogP) is 2.15. The Bertz CT molecular complexity index is 733. The van der Waals surface area contributed by atoms with Gasteiger partial charge in [-0.25, -0.2) is 13.1 Å². The smallest absolute Gasteiger partial charge is 0.242 e. The second-order valence-corrected chi connectivity index (χ2v) is 6.79. The van der Waals surface area contributed by atoms with Gasteiger partial charge in [0.2, 0.25) is 10.0 Å². The monoisotopic (exact) mass is 325 g/mol. The molecule has 0 amide bonds. The predicted molar refractivity (Wildman–Crippen MR) is 83.7 cm³/mol. The average molecular weight is 326 g/mol. The van der Waals surface area contributed by atoms with E-state index in [1.807, 2.05) is 6.07 Å². The number of rotatable bonds is 5. The first-order chi connectivity index (χ1) is 9.90. The Morgan fingerprint density at radius 3 is 2.81 bits per heavy atom. The van der Waals surface area contributed by atoms with Gasteiger partial charge in [0.05, 0.1) is 5.02 Å². The molecule has 1 aromatic heterocycles. The molecule has 0 aliphatic rings. The molecule has 1 aromatic carbocycles. The van der Waals surface area contributed by atoms with Crippen LogP contribution >= 0.6 is 11.6 Å². The Hall–Kier alpha value is -1.63. The van der Waals surface area contributed by atoms with Crippen molar-refractivity contribution < 1.29 is 8.42 Å². The van der Waals surface area contributed by atoms with Crippen LogP contribution in [0.15, 0.2) is 41.6 Å². The molecule has 0 radical (unpaired) electrons. The highest BCUT2D eigenvalue weighted by molar-refractivity contribution is 7.89. The van der Waals surface area contributed by atoms with Crippen LogP contribution < -0.4 is 10.5 Å². The fraction of sp³-hybridized carbons (Fsp3) is 0.214. The molecule has 0 saturated carbocycles. The summed E-state index contributed by atoms with van der Waals surface area (Å²) in [5, 5.41) is 0.163. The largest absolute Gasteiger partial charge is 0.398 e. The summed E-state index contributed by atoms with van der Waals surface area (Å²) in [7, 11) is -3.68. The van der Waals surface area contributed by atoms with Crippen LogP contribution in [-0.2, 0) is 16.4 Å². The van der Waals surface area contributed by atoms with Gasteiger partial charge in [-0.1, -0.05) is 17.7 Å². The molecule has 0 fully saturated rings. The molecule has 0 spiro atoms. The first kappa shape index (κ1) is 15.8. The zero-order valence-electron chi connectivity index (χ0n) is 11.5. The molecule has 3 N–H and O–H groups in total. The molecule has 0 aliphatic heterocycles. The van der Waals surface area contributed by atoms with Gasteiger partial charge in [-0.15, -0.1) is 0 Å². The van der Waals surface area contributed by atoms with Gasteiger partial charge in [0.25, 0.3) is 0 Å². The zero-order valence-corrected chi connectivity index (χ0v) is 13.1. The molecule has 0 saturated heterocycles. The second kappa shape index (κ2) is 6.43. The fourth-order valence-corrected chi connectivity index (χ4v) is 3.47. The van der Waals surface area contributed by atoms with Crippen LogP contribution in [0.4, 0.5) is 5.69 Å². The quantitative estimate of drug-likeness (QED) is 0.825. The number of nitrogens with two attached hydrogens (primary N) is 1. The summed E-state index contributed by atoms with van der Waals surface area (Å²) in [6, 6.07) is 6.62.